The fraction of sp³-hybridized carbons (Fsp3) is 0.529. The predicted octanol–water partition coefficient (Wildman–Crippen LogP) is 8.49. The molecular formula is C34H45Br2N3O7. The van der Waals surface area contributed by atoms with Gasteiger partial charge in [0.05, 0.1) is 16.9 Å². The number of amides is 1. The second-order valence-electron chi connectivity index (χ2n) is 13.4. The maximum Gasteiger partial charge on any atom is 0.408 e. The Morgan fingerprint density at radius 1 is 1.09 bits per heavy atom. The number of benzene rings is 2. The van der Waals surface area contributed by atoms with Crippen molar-refractivity contribution in [1.82, 2.24) is 5.32 Å². The van der Waals surface area contributed by atoms with Crippen LogP contribution in [-0.2, 0) is 19.7 Å². The summed E-state index contributed by atoms with van der Waals surface area (Å²) in [6.45, 7) is 18.1. The van der Waals surface area contributed by atoms with Crippen molar-refractivity contribution in [2.24, 2.45) is 5.92 Å². The van der Waals surface area contributed by atoms with Crippen LogP contribution in [0, 0.1) is 16.0 Å². The number of para-hydroxylation sites is 1. The first kappa shape index (κ1) is 37.3. The highest BCUT2D eigenvalue weighted by molar-refractivity contribution is 9.10. The third-order valence-electron chi connectivity index (χ3n) is 7.63. The molecule has 0 fully saturated rings. The van der Waals surface area contributed by atoms with Crippen LogP contribution in [0.5, 0.6) is 5.75 Å². The SMILES string of the molecule is CC(C)CC(C)(Br)C(=O)OCCN1c2ccccc2C(C)(C)C12C=Cc1cc([N+](=O)[O-])ccc1O2.CC(C)NC(=O)OC(C)(C)Br. The summed E-state index contributed by atoms with van der Waals surface area (Å²) in [6.07, 6.45) is 4.12. The molecule has 0 aliphatic carbocycles. The molecule has 1 amide bonds. The normalized spacial score (nSPS) is 18.9. The zero-order chi connectivity index (χ0) is 34.7. The van der Waals surface area contributed by atoms with Gasteiger partial charge in [-0.1, -0.05) is 48.0 Å². The van der Waals surface area contributed by atoms with Crippen LogP contribution < -0.4 is 15.0 Å². The van der Waals surface area contributed by atoms with Crippen molar-refractivity contribution in [1.29, 1.82) is 0 Å². The van der Waals surface area contributed by atoms with Crippen molar-refractivity contribution < 1.29 is 28.7 Å². The van der Waals surface area contributed by atoms with Crippen LogP contribution in [0.4, 0.5) is 16.2 Å². The summed E-state index contributed by atoms with van der Waals surface area (Å²) in [5.41, 5.74) is 1.46. The van der Waals surface area contributed by atoms with Crippen LogP contribution in [0.2, 0.25) is 0 Å². The summed E-state index contributed by atoms with van der Waals surface area (Å²) in [5.74, 6) is 0.633. The van der Waals surface area contributed by atoms with Gasteiger partial charge >= 0.3 is 12.1 Å². The van der Waals surface area contributed by atoms with E-state index in [4.69, 9.17) is 14.2 Å². The highest BCUT2D eigenvalue weighted by Gasteiger charge is 2.58. The number of ether oxygens (including phenoxy) is 3. The third-order valence-corrected chi connectivity index (χ3v) is 8.44. The van der Waals surface area contributed by atoms with Gasteiger partial charge in [0.1, 0.15) is 16.7 Å². The number of nitro groups is 1. The summed E-state index contributed by atoms with van der Waals surface area (Å²) in [7, 11) is 0. The number of carbonyl (C=O) groups is 2. The van der Waals surface area contributed by atoms with E-state index in [0.29, 0.717) is 30.2 Å². The van der Waals surface area contributed by atoms with Gasteiger partial charge in [0.2, 0.25) is 5.72 Å². The molecular weight excluding hydrogens is 722 g/mol. The van der Waals surface area contributed by atoms with Gasteiger partial charge < -0.3 is 24.4 Å². The molecule has 2 unspecified atom stereocenters. The highest BCUT2D eigenvalue weighted by Crippen LogP contribution is 2.55. The number of rotatable bonds is 9. The van der Waals surface area contributed by atoms with Crippen molar-refractivity contribution in [3.05, 3.63) is 69.8 Å². The summed E-state index contributed by atoms with van der Waals surface area (Å²) >= 11 is 6.72. The second kappa shape index (κ2) is 14.3. The van der Waals surface area contributed by atoms with Gasteiger partial charge in [-0.05, 0) is 107 Å². The molecule has 0 saturated heterocycles. The minimum Gasteiger partial charge on any atom is -0.463 e. The molecule has 12 heteroatoms. The molecule has 2 heterocycles. The molecule has 1 N–H and O–H groups in total. The number of nitrogens with one attached hydrogen (secondary N) is 1. The fourth-order valence-electron chi connectivity index (χ4n) is 5.71. The Labute approximate surface area is 288 Å². The number of halogens is 2. The minimum absolute atomic E-state index is 0.0184. The summed E-state index contributed by atoms with van der Waals surface area (Å²) in [5, 5.41) is 13.8. The van der Waals surface area contributed by atoms with Crippen LogP contribution in [0.3, 0.4) is 0 Å². The highest BCUT2D eigenvalue weighted by atomic mass is 79.9. The molecule has 0 aromatic heterocycles. The number of fused-ring (bicyclic) bond motifs is 2. The van der Waals surface area contributed by atoms with E-state index in [1.807, 2.05) is 51.1 Å². The Morgan fingerprint density at radius 2 is 1.74 bits per heavy atom. The van der Waals surface area contributed by atoms with Gasteiger partial charge in [-0.25, -0.2) is 4.79 Å². The number of esters is 1. The zero-order valence-electron chi connectivity index (χ0n) is 28.0. The number of hydrogen-bond acceptors (Lipinski definition) is 8. The maximum absolute atomic E-state index is 12.8. The second-order valence-corrected chi connectivity index (χ2v) is 17.0. The Balaban J connectivity index is 0.000000449. The van der Waals surface area contributed by atoms with E-state index < -0.39 is 31.0 Å². The number of nitrogens with zero attached hydrogens (tertiary/aromatic N) is 2. The Morgan fingerprint density at radius 3 is 2.33 bits per heavy atom. The van der Waals surface area contributed by atoms with Crippen molar-refractivity contribution >= 4 is 61.4 Å². The average Bonchev–Trinajstić information content (AvgIpc) is 3.09. The molecule has 2 aromatic rings. The molecule has 252 valence electrons. The molecule has 2 aliphatic rings. The van der Waals surface area contributed by atoms with Gasteiger partial charge in [-0.15, -0.1) is 0 Å². The number of carbonyl (C=O) groups excluding carboxylic acids is 2. The number of anilines is 1. The van der Waals surface area contributed by atoms with Gasteiger partial charge in [0, 0.05) is 29.4 Å². The first-order chi connectivity index (χ1) is 21.2. The number of alkyl carbamates (subject to hydrolysis) is 1. The maximum atomic E-state index is 12.8. The molecule has 0 bridgehead atoms. The Kier molecular flexibility index (Phi) is 11.6. The average molecular weight is 768 g/mol. The van der Waals surface area contributed by atoms with Crippen molar-refractivity contribution in [3.63, 3.8) is 0 Å². The standard InChI is InChI=1S/C27H31BrN2O5.C7H14BrNO2/c1-18(2)17-26(5,28)24(31)34-15-14-29-22-9-7-6-8-21(22)25(3,4)27(29)13-12-19-16-20(30(32)33)10-11-23(19)35-27;1-5(2)9-6(10)11-7(3,4)8/h6-13,16,18H,14-15,17H2,1-5H3;5H,1-4H3,(H,9,10). The molecule has 1 spiro atoms. The molecule has 2 aliphatic heterocycles. The first-order valence-corrected chi connectivity index (χ1v) is 16.9. The van der Waals surface area contributed by atoms with Crippen LogP contribution in [0.25, 0.3) is 6.08 Å². The smallest absolute Gasteiger partial charge is 0.408 e. The first-order valence-electron chi connectivity index (χ1n) is 15.3. The number of non-ortho nitro benzene ring substituents is 1. The van der Waals surface area contributed by atoms with Crippen molar-refractivity contribution in [2.45, 2.75) is 94.8 Å². The van der Waals surface area contributed by atoms with Crippen LogP contribution in [-0.4, -0.2) is 50.7 Å². The van der Waals surface area contributed by atoms with Gasteiger partial charge in [0.15, 0.2) is 4.51 Å². The van der Waals surface area contributed by atoms with Crippen LogP contribution in [0.1, 0.15) is 79.9 Å². The van der Waals surface area contributed by atoms with E-state index in [0.717, 1.165) is 11.3 Å². The fourth-order valence-corrected chi connectivity index (χ4v) is 6.62. The van der Waals surface area contributed by atoms with Gasteiger partial charge in [-0.3, -0.25) is 14.9 Å². The summed E-state index contributed by atoms with van der Waals surface area (Å²) in [6, 6.07) is 12.9. The zero-order valence-corrected chi connectivity index (χ0v) is 31.2. The largest absolute Gasteiger partial charge is 0.463 e. The lowest BCUT2D eigenvalue weighted by Crippen LogP contribution is -2.60. The van der Waals surface area contributed by atoms with Gasteiger partial charge in [-0.2, -0.15) is 0 Å². The van der Waals surface area contributed by atoms with Crippen LogP contribution >= 0.6 is 31.9 Å². The van der Waals surface area contributed by atoms with E-state index in [1.165, 1.54) is 12.1 Å². The molecule has 0 saturated carbocycles. The lowest BCUT2D eigenvalue weighted by atomic mass is 9.76. The quantitative estimate of drug-likeness (QED) is 0.117. The Hall–Kier alpha value is -3.12. The number of alkyl halides is 2. The van der Waals surface area contributed by atoms with E-state index in [-0.39, 0.29) is 24.3 Å². The molecule has 10 nitrogen and oxygen atoms in total. The third kappa shape index (κ3) is 8.61. The predicted molar refractivity (Wildman–Crippen MR) is 188 cm³/mol. The van der Waals surface area contributed by atoms with Crippen molar-refractivity contribution in [3.8, 4) is 5.75 Å². The molecule has 2 aromatic carbocycles. The van der Waals surface area contributed by atoms with Gasteiger partial charge in [0.25, 0.3) is 5.69 Å². The molecule has 46 heavy (non-hydrogen) atoms. The van der Waals surface area contributed by atoms with Crippen molar-refractivity contribution in [2.75, 3.05) is 18.1 Å². The van der Waals surface area contributed by atoms with E-state index in [9.17, 15) is 19.7 Å². The number of nitro benzene ring substituents is 1. The molecule has 2 atom stereocenters. The van der Waals surface area contributed by atoms with E-state index in [1.54, 1.807) is 19.9 Å². The Bertz CT molecular complexity index is 1470. The minimum atomic E-state index is -0.887. The van der Waals surface area contributed by atoms with Crippen LogP contribution in [0.15, 0.2) is 48.5 Å². The lowest BCUT2D eigenvalue weighted by molar-refractivity contribution is -0.384. The lowest BCUT2D eigenvalue weighted by Gasteiger charge is -2.47. The van der Waals surface area contributed by atoms with E-state index in [2.05, 4.69) is 75.8 Å². The topological polar surface area (TPSA) is 120 Å². The summed E-state index contributed by atoms with van der Waals surface area (Å²) < 4.78 is 16.0. The molecule has 4 rings (SSSR count). The number of hydrogen-bond donors (Lipinski definition) is 1. The molecule has 0 radical (unpaired) electrons. The summed E-state index contributed by atoms with van der Waals surface area (Å²) in [4.78, 5) is 36.6. The monoisotopic (exact) mass is 765 g/mol. The van der Waals surface area contributed by atoms with E-state index >= 15 is 0 Å².